The molecule has 108 valence electrons. The number of phenolic OH excluding ortho intramolecular Hbond substituents is 2. The average molecular weight is 282 g/mol. The number of ether oxygens (including phenoxy) is 1. The highest BCUT2D eigenvalue weighted by Gasteiger charge is 2.23. The molecule has 3 heteroatoms. The number of epoxide rings is 1. The molecule has 21 heavy (non-hydrogen) atoms. The van der Waals surface area contributed by atoms with Gasteiger partial charge < -0.3 is 14.9 Å². The highest BCUT2D eigenvalue weighted by molar-refractivity contribution is 5.72. The molecular weight excluding hydrogens is 264 g/mol. The summed E-state index contributed by atoms with van der Waals surface area (Å²) in [6, 6.07) is 11.0. The largest absolute Gasteiger partial charge is 0.508 e. The molecule has 2 aromatic rings. The van der Waals surface area contributed by atoms with Gasteiger partial charge in [-0.1, -0.05) is 18.2 Å². The Morgan fingerprint density at radius 1 is 1.14 bits per heavy atom. The van der Waals surface area contributed by atoms with E-state index in [2.05, 4.69) is 6.58 Å². The van der Waals surface area contributed by atoms with E-state index in [4.69, 9.17) is 4.74 Å². The Kier molecular flexibility index (Phi) is 3.67. The molecule has 0 spiro atoms. The van der Waals surface area contributed by atoms with Gasteiger partial charge in [-0.15, -0.1) is 6.58 Å². The molecule has 1 saturated heterocycles. The molecule has 1 aliphatic heterocycles. The monoisotopic (exact) mass is 282 g/mol. The Labute approximate surface area is 124 Å². The maximum absolute atomic E-state index is 10.1. The molecule has 0 radical (unpaired) electrons. The van der Waals surface area contributed by atoms with Crippen LogP contribution >= 0.6 is 0 Å². The number of hydrogen-bond donors (Lipinski definition) is 2. The Bertz CT molecular complexity index is 672. The van der Waals surface area contributed by atoms with Gasteiger partial charge in [0, 0.05) is 12.0 Å². The van der Waals surface area contributed by atoms with Gasteiger partial charge in [0.15, 0.2) is 0 Å². The number of rotatable bonds is 5. The summed E-state index contributed by atoms with van der Waals surface area (Å²) in [6.07, 6.45) is 3.53. The fourth-order valence-corrected chi connectivity index (χ4v) is 2.46. The molecule has 1 aliphatic rings. The highest BCUT2D eigenvalue weighted by atomic mass is 16.6. The fraction of sp³-hybridized carbons (Fsp3) is 0.222. The first-order valence-corrected chi connectivity index (χ1v) is 7.04. The number of allylic oxidation sites excluding steroid dienone is 1. The van der Waals surface area contributed by atoms with E-state index in [0.717, 1.165) is 35.3 Å². The van der Waals surface area contributed by atoms with E-state index in [9.17, 15) is 10.2 Å². The molecule has 2 N–H and O–H groups in total. The lowest BCUT2D eigenvalue weighted by Gasteiger charge is -2.10. The van der Waals surface area contributed by atoms with E-state index in [0.29, 0.717) is 12.5 Å². The second-order valence-corrected chi connectivity index (χ2v) is 5.35. The third-order valence-electron chi connectivity index (χ3n) is 3.68. The smallest absolute Gasteiger partial charge is 0.123 e. The summed E-state index contributed by atoms with van der Waals surface area (Å²) in [5.74, 6) is 0.492. The van der Waals surface area contributed by atoms with E-state index in [1.807, 2.05) is 24.3 Å². The molecule has 3 nitrogen and oxygen atoms in total. The Hall–Kier alpha value is -2.26. The van der Waals surface area contributed by atoms with Crippen molar-refractivity contribution < 1.29 is 14.9 Å². The van der Waals surface area contributed by atoms with E-state index >= 15 is 0 Å². The minimum absolute atomic E-state index is 0.241. The van der Waals surface area contributed by atoms with Crippen LogP contribution in [-0.2, 0) is 17.6 Å². The van der Waals surface area contributed by atoms with Crippen molar-refractivity contribution in [2.75, 3.05) is 6.61 Å². The van der Waals surface area contributed by atoms with E-state index in [1.54, 1.807) is 18.2 Å². The van der Waals surface area contributed by atoms with Gasteiger partial charge in [0.1, 0.15) is 11.5 Å². The molecule has 0 aliphatic carbocycles. The first-order valence-electron chi connectivity index (χ1n) is 7.04. The molecule has 0 bridgehead atoms. The van der Waals surface area contributed by atoms with E-state index < -0.39 is 0 Å². The minimum atomic E-state index is 0.241. The SMILES string of the molecule is C=CCc1cc(-c2cc(C[C@H]3CO3)ccc2O)ccc1O. The Morgan fingerprint density at radius 3 is 2.62 bits per heavy atom. The van der Waals surface area contributed by atoms with Crippen molar-refractivity contribution in [3.63, 3.8) is 0 Å². The van der Waals surface area contributed by atoms with Crippen molar-refractivity contribution in [1.82, 2.24) is 0 Å². The van der Waals surface area contributed by atoms with Crippen molar-refractivity contribution in [2.24, 2.45) is 0 Å². The number of hydrogen-bond acceptors (Lipinski definition) is 3. The van der Waals surface area contributed by atoms with Crippen molar-refractivity contribution in [2.45, 2.75) is 18.9 Å². The van der Waals surface area contributed by atoms with Crippen LogP contribution in [0, 0.1) is 0 Å². The molecule has 2 aromatic carbocycles. The van der Waals surface area contributed by atoms with Gasteiger partial charge in [-0.2, -0.15) is 0 Å². The van der Waals surface area contributed by atoms with Crippen LogP contribution in [0.15, 0.2) is 49.1 Å². The molecule has 1 fully saturated rings. The minimum Gasteiger partial charge on any atom is -0.508 e. The van der Waals surface area contributed by atoms with Crippen LogP contribution in [0.1, 0.15) is 11.1 Å². The van der Waals surface area contributed by atoms with Crippen molar-refractivity contribution in [3.05, 3.63) is 60.2 Å². The lowest BCUT2D eigenvalue weighted by molar-refractivity contribution is 0.407. The standard InChI is InChI=1S/C18H18O3/c1-2-3-14-10-13(5-7-17(14)19)16-9-12(4-6-18(16)20)8-15-11-21-15/h2,4-7,9-10,15,19-20H,1,3,8,11H2/t15-/m0/s1. The van der Waals surface area contributed by atoms with Gasteiger partial charge in [-0.25, -0.2) is 0 Å². The quantitative estimate of drug-likeness (QED) is 0.652. The molecular formula is C18H18O3. The number of benzene rings is 2. The summed E-state index contributed by atoms with van der Waals surface area (Å²) in [6.45, 7) is 4.51. The van der Waals surface area contributed by atoms with Crippen molar-refractivity contribution >= 4 is 0 Å². The van der Waals surface area contributed by atoms with Gasteiger partial charge in [-0.05, 0) is 47.4 Å². The molecule has 1 atom stereocenters. The summed E-state index contributed by atoms with van der Waals surface area (Å²) >= 11 is 0. The zero-order valence-electron chi connectivity index (χ0n) is 11.7. The summed E-state index contributed by atoms with van der Waals surface area (Å²) in [4.78, 5) is 0. The molecule has 3 rings (SSSR count). The van der Waals surface area contributed by atoms with E-state index in [1.165, 1.54) is 0 Å². The molecule has 0 saturated carbocycles. The third-order valence-corrected chi connectivity index (χ3v) is 3.68. The summed E-state index contributed by atoms with van der Waals surface area (Å²) in [5.41, 5.74) is 3.61. The normalized spacial score (nSPS) is 16.7. The van der Waals surface area contributed by atoms with Gasteiger partial charge in [0.05, 0.1) is 12.7 Å². The van der Waals surface area contributed by atoms with E-state index in [-0.39, 0.29) is 11.5 Å². The summed E-state index contributed by atoms with van der Waals surface area (Å²) in [5, 5.41) is 20.0. The highest BCUT2D eigenvalue weighted by Crippen LogP contribution is 2.33. The van der Waals surface area contributed by atoms with Crippen molar-refractivity contribution in [3.8, 4) is 22.6 Å². The van der Waals surface area contributed by atoms with Crippen LogP contribution in [-0.4, -0.2) is 22.9 Å². The topological polar surface area (TPSA) is 53.0 Å². The number of phenols is 2. The summed E-state index contributed by atoms with van der Waals surface area (Å²) in [7, 11) is 0. The maximum Gasteiger partial charge on any atom is 0.123 e. The van der Waals surface area contributed by atoms with Gasteiger partial charge in [-0.3, -0.25) is 0 Å². The van der Waals surface area contributed by atoms with Crippen LogP contribution in [0.2, 0.25) is 0 Å². The lowest BCUT2D eigenvalue weighted by Crippen LogP contribution is -1.94. The molecule has 0 unspecified atom stereocenters. The number of aromatic hydroxyl groups is 2. The van der Waals surface area contributed by atoms with Gasteiger partial charge in [0.2, 0.25) is 0 Å². The third kappa shape index (κ3) is 3.09. The molecule has 0 amide bonds. The average Bonchev–Trinajstić information content (AvgIpc) is 3.28. The molecule has 1 heterocycles. The van der Waals surface area contributed by atoms with Crippen LogP contribution in [0.25, 0.3) is 11.1 Å². The Morgan fingerprint density at radius 2 is 1.90 bits per heavy atom. The second kappa shape index (κ2) is 5.62. The first-order chi connectivity index (χ1) is 10.2. The van der Waals surface area contributed by atoms with Crippen LogP contribution in [0.3, 0.4) is 0 Å². The second-order valence-electron chi connectivity index (χ2n) is 5.35. The zero-order chi connectivity index (χ0) is 14.8. The Balaban J connectivity index is 1.97. The predicted molar refractivity (Wildman–Crippen MR) is 82.6 cm³/mol. The summed E-state index contributed by atoms with van der Waals surface area (Å²) < 4.78 is 5.25. The maximum atomic E-state index is 10.1. The lowest BCUT2D eigenvalue weighted by atomic mass is 9.97. The van der Waals surface area contributed by atoms with Crippen LogP contribution < -0.4 is 0 Å². The first kappa shape index (κ1) is 13.7. The predicted octanol–water partition coefficient (Wildman–Crippen LogP) is 3.43. The van der Waals surface area contributed by atoms with Crippen molar-refractivity contribution in [1.29, 1.82) is 0 Å². The van der Waals surface area contributed by atoms with Gasteiger partial charge >= 0.3 is 0 Å². The van der Waals surface area contributed by atoms with Gasteiger partial charge in [0.25, 0.3) is 0 Å². The molecule has 0 aromatic heterocycles. The fourth-order valence-electron chi connectivity index (χ4n) is 2.46. The van der Waals surface area contributed by atoms with Crippen LogP contribution in [0.5, 0.6) is 11.5 Å². The zero-order valence-corrected chi connectivity index (χ0v) is 11.7. The van der Waals surface area contributed by atoms with Crippen LogP contribution in [0.4, 0.5) is 0 Å².